The maximum absolute atomic E-state index is 8.58. The number of ether oxygens (including phenoxy) is 1. The number of benzene rings is 1. The summed E-state index contributed by atoms with van der Waals surface area (Å²) >= 11 is 0. The number of nitrogens with zero attached hydrogens (tertiary/aromatic N) is 2. The van der Waals surface area contributed by atoms with Gasteiger partial charge in [0.15, 0.2) is 0 Å². The second kappa shape index (κ2) is 5.27. The highest BCUT2D eigenvalue weighted by Gasteiger charge is 2.08. The summed E-state index contributed by atoms with van der Waals surface area (Å²) in [5.74, 6) is 0.430. The van der Waals surface area contributed by atoms with Crippen molar-refractivity contribution in [3.8, 4) is 17.5 Å². The Hall–Kier alpha value is -1.88. The van der Waals surface area contributed by atoms with Gasteiger partial charge in [0.25, 0.3) is 5.89 Å². The van der Waals surface area contributed by atoms with Crippen LogP contribution in [0.15, 0.2) is 34.7 Å². The first-order valence-electron chi connectivity index (χ1n) is 5.03. The molecule has 84 valence electrons. The molecule has 0 aliphatic rings. The maximum atomic E-state index is 8.58. The molecule has 0 saturated carbocycles. The molecule has 0 amide bonds. The van der Waals surface area contributed by atoms with Crippen LogP contribution < -0.4 is 4.74 Å². The van der Waals surface area contributed by atoms with Crippen LogP contribution in [0, 0.1) is 0 Å². The number of rotatable bonds is 5. The first-order chi connectivity index (χ1) is 7.90. The summed E-state index contributed by atoms with van der Waals surface area (Å²) in [7, 11) is 0. The summed E-state index contributed by atoms with van der Waals surface area (Å²) in [4.78, 5) is 0. The third-order valence-corrected chi connectivity index (χ3v) is 1.96. The topological polar surface area (TPSA) is 68.4 Å². The van der Waals surface area contributed by atoms with Gasteiger partial charge in [0, 0.05) is 18.6 Å². The molecule has 5 nitrogen and oxygen atoms in total. The van der Waals surface area contributed by atoms with Gasteiger partial charge in [-0.2, -0.15) is 0 Å². The average molecular weight is 220 g/mol. The molecule has 0 spiro atoms. The van der Waals surface area contributed by atoms with Gasteiger partial charge in [-0.1, -0.05) is 23.3 Å². The molecule has 0 fully saturated rings. The van der Waals surface area contributed by atoms with E-state index in [0.29, 0.717) is 18.9 Å². The Morgan fingerprint density at radius 1 is 1.19 bits per heavy atom. The van der Waals surface area contributed by atoms with E-state index < -0.39 is 0 Å². The van der Waals surface area contributed by atoms with Crippen molar-refractivity contribution in [2.45, 2.75) is 6.42 Å². The SMILES string of the molecule is OCCCOc1nnc(-c2ccccc2)o1. The molecule has 2 aromatic rings. The molecule has 5 heteroatoms. The normalized spacial score (nSPS) is 10.3. The predicted octanol–water partition coefficient (Wildman–Crippen LogP) is 1.50. The number of hydrogen-bond donors (Lipinski definition) is 1. The number of hydrogen-bond acceptors (Lipinski definition) is 5. The first kappa shape index (κ1) is 10.6. The monoisotopic (exact) mass is 220 g/mol. The lowest BCUT2D eigenvalue weighted by molar-refractivity contribution is 0.195. The number of aromatic nitrogens is 2. The lowest BCUT2D eigenvalue weighted by Gasteiger charge is -1.97. The molecule has 1 aromatic heterocycles. The molecule has 0 aliphatic heterocycles. The molecule has 0 saturated heterocycles. The number of aliphatic hydroxyl groups is 1. The Kier molecular flexibility index (Phi) is 3.50. The van der Waals surface area contributed by atoms with E-state index >= 15 is 0 Å². The fourth-order valence-corrected chi connectivity index (χ4v) is 1.19. The van der Waals surface area contributed by atoms with Crippen molar-refractivity contribution >= 4 is 0 Å². The maximum Gasteiger partial charge on any atom is 0.414 e. The largest absolute Gasteiger partial charge is 0.449 e. The standard InChI is InChI=1S/C11H12N2O3/c14-7-4-8-15-11-13-12-10(16-11)9-5-2-1-3-6-9/h1-3,5-6,14H,4,7-8H2. The fourth-order valence-electron chi connectivity index (χ4n) is 1.19. The van der Waals surface area contributed by atoms with Crippen LogP contribution in [0.25, 0.3) is 11.5 Å². The van der Waals surface area contributed by atoms with Crippen LogP contribution in [-0.2, 0) is 0 Å². The molecule has 16 heavy (non-hydrogen) atoms. The van der Waals surface area contributed by atoms with Crippen molar-refractivity contribution in [1.29, 1.82) is 0 Å². The van der Waals surface area contributed by atoms with E-state index in [2.05, 4.69) is 10.2 Å². The molecule has 0 bridgehead atoms. The molecule has 0 aliphatic carbocycles. The Morgan fingerprint density at radius 3 is 2.75 bits per heavy atom. The minimum absolute atomic E-state index is 0.0830. The van der Waals surface area contributed by atoms with Gasteiger partial charge in [0.2, 0.25) is 0 Å². The van der Waals surface area contributed by atoms with E-state index in [1.807, 2.05) is 30.3 Å². The highest BCUT2D eigenvalue weighted by molar-refractivity contribution is 5.51. The van der Waals surface area contributed by atoms with Crippen LogP contribution in [0.2, 0.25) is 0 Å². The van der Waals surface area contributed by atoms with Crippen molar-refractivity contribution in [3.63, 3.8) is 0 Å². The molecular formula is C11H12N2O3. The van der Waals surface area contributed by atoms with E-state index in [1.54, 1.807) is 0 Å². The second-order valence-electron chi connectivity index (χ2n) is 3.16. The summed E-state index contributed by atoms with van der Waals surface area (Å²) in [5, 5.41) is 16.2. The molecule has 0 unspecified atom stereocenters. The minimum atomic E-state index is 0.0830. The Morgan fingerprint density at radius 2 is 2.00 bits per heavy atom. The van der Waals surface area contributed by atoms with Crippen LogP contribution in [0.4, 0.5) is 0 Å². The van der Waals surface area contributed by atoms with Crippen LogP contribution in [0.3, 0.4) is 0 Å². The quantitative estimate of drug-likeness (QED) is 0.773. The minimum Gasteiger partial charge on any atom is -0.449 e. The Labute approximate surface area is 92.7 Å². The van der Waals surface area contributed by atoms with Gasteiger partial charge in [0.1, 0.15) is 0 Å². The van der Waals surface area contributed by atoms with Gasteiger partial charge in [-0.05, 0) is 12.1 Å². The summed E-state index contributed by atoms with van der Waals surface area (Å²) in [5.41, 5.74) is 0.854. The van der Waals surface area contributed by atoms with E-state index in [4.69, 9.17) is 14.3 Å². The van der Waals surface area contributed by atoms with Crippen LogP contribution in [0.5, 0.6) is 6.08 Å². The van der Waals surface area contributed by atoms with Gasteiger partial charge in [-0.25, -0.2) is 0 Å². The van der Waals surface area contributed by atoms with Gasteiger partial charge in [-0.15, -0.1) is 5.10 Å². The average Bonchev–Trinajstić information content (AvgIpc) is 2.79. The summed E-state index contributed by atoms with van der Waals surface area (Å²) in [6.07, 6.45) is 0.676. The van der Waals surface area contributed by atoms with Gasteiger partial charge < -0.3 is 14.3 Å². The van der Waals surface area contributed by atoms with E-state index in [-0.39, 0.29) is 12.7 Å². The zero-order chi connectivity index (χ0) is 11.2. The lowest BCUT2D eigenvalue weighted by atomic mass is 10.2. The van der Waals surface area contributed by atoms with Gasteiger partial charge >= 0.3 is 6.08 Å². The van der Waals surface area contributed by atoms with E-state index in [1.165, 1.54) is 0 Å². The lowest BCUT2D eigenvalue weighted by Crippen LogP contribution is -1.99. The molecular weight excluding hydrogens is 208 g/mol. The molecule has 1 heterocycles. The highest BCUT2D eigenvalue weighted by Crippen LogP contribution is 2.20. The molecule has 1 aromatic carbocycles. The molecule has 0 atom stereocenters. The molecule has 0 radical (unpaired) electrons. The van der Waals surface area contributed by atoms with Crippen molar-refractivity contribution in [1.82, 2.24) is 10.2 Å². The third kappa shape index (κ3) is 2.58. The van der Waals surface area contributed by atoms with Crippen LogP contribution >= 0.6 is 0 Å². The van der Waals surface area contributed by atoms with Crippen molar-refractivity contribution < 1.29 is 14.3 Å². The van der Waals surface area contributed by atoms with Crippen LogP contribution in [0.1, 0.15) is 6.42 Å². The van der Waals surface area contributed by atoms with E-state index in [9.17, 15) is 0 Å². The smallest absolute Gasteiger partial charge is 0.414 e. The second-order valence-corrected chi connectivity index (χ2v) is 3.16. The summed E-state index contributed by atoms with van der Waals surface area (Å²) in [6, 6.07) is 9.46. The first-order valence-corrected chi connectivity index (χ1v) is 5.03. The Balaban J connectivity index is 2.02. The summed E-state index contributed by atoms with van der Waals surface area (Å²) < 4.78 is 10.4. The highest BCUT2D eigenvalue weighted by atomic mass is 16.6. The zero-order valence-electron chi connectivity index (χ0n) is 8.67. The molecule has 1 N–H and O–H groups in total. The summed E-state index contributed by atoms with van der Waals surface area (Å²) in [6.45, 7) is 0.451. The van der Waals surface area contributed by atoms with Crippen molar-refractivity contribution in [2.24, 2.45) is 0 Å². The Bertz CT molecular complexity index is 428. The molecule has 2 rings (SSSR count). The van der Waals surface area contributed by atoms with Crippen molar-refractivity contribution in [3.05, 3.63) is 30.3 Å². The zero-order valence-corrected chi connectivity index (χ0v) is 8.67. The number of aliphatic hydroxyl groups excluding tert-OH is 1. The van der Waals surface area contributed by atoms with E-state index in [0.717, 1.165) is 5.56 Å². The van der Waals surface area contributed by atoms with Crippen LogP contribution in [-0.4, -0.2) is 28.5 Å². The predicted molar refractivity (Wildman–Crippen MR) is 56.9 cm³/mol. The van der Waals surface area contributed by atoms with Gasteiger partial charge in [-0.3, -0.25) is 0 Å². The third-order valence-electron chi connectivity index (χ3n) is 1.96. The fraction of sp³-hybridized carbons (Fsp3) is 0.273. The van der Waals surface area contributed by atoms with Gasteiger partial charge in [0.05, 0.1) is 6.61 Å². The van der Waals surface area contributed by atoms with Crippen molar-refractivity contribution in [2.75, 3.05) is 13.2 Å².